The Morgan fingerprint density at radius 2 is 1.81 bits per heavy atom. The number of pyridine rings is 1. The minimum atomic E-state index is 0.655. The van der Waals surface area contributed by atoms with Crippen molar-refractivity contribution in [1.82, 2.24) is 4.98 Å². The van der Waals surface area contributed by atoms with Gasteiger partial charge in [0.25, 0.3) is 0 Å². The predicted octanol–water partition coefficient (Wildman–Crippen LogP) is 5.67. The van der Waals surface area contributed by atoms with Crippen LogP contribution >= 0.6 is 27.5 Å². The van der Waals surface area contributed by atoms with Crippen LogP contribution in [-0.2, 0) is 0 Å². The molecule has 2 nitrogen and oxygen atoms in total. The number of aromatic nitrogens is 1. The van der Waals surface area contributed by atoms with Gasteiger partial charge in [-0.25, -0.2) is 4.98 Å². The van der Waals surface area contributed by atoms with Crippen molar-refractivity contribution in [2.75, 3.05) is 12.4 Å². The zero-order chi connectivity index (χ0) is 15.0. The molecule has 0 saturated carbocycles. The summed E-state index contributed by atoms with van der Waals surface area (Å²) in [6.07, 6.45) is 0. The van der Waals surface area contributed by atoms with Crippen LogP contribution in [0.25, 0.3) is 22.2 Å². The summed E-state index contributed by atoms with van der Waals surface area (Å²) >= 11 is 9.96. The number of anilines is 1. The number of nitrogens with zero attached hydrogens (tertiary/aromatic N) is 1. The molecule has 21 heavy (non-hydrogen) atoms. The summed E-state index contributed by atoms with van der Waals surface area (Å²) in [5.74, 6) is 0. The van der Waals surface area contributed by atoms with E-state index in [2.05, 4.69) is 40.3 Å². The van der Waals surface area contributed by atoms with Gasteiger partial charge < -0.3 is 5.32 Å². The average Bonchev–Trinajstić information content (AvgIpc) is 2.51. The van der Waals surface area contributed by atoms with Crippen molar-refractivity contribution in [3.05, 3.63) is 57.5 Å². The SMILES string of the molecule is CNc1c(C)c(-c2ccccc2)nc2c(Cl)ccc(Br)c12. The molecule has 0 aliphatic rings. The Hall–Kier alpha value is -1.58. The molecular weight excluding hydrogens is 348 g/mol. The highest BCUT2D eigenvalue weighted by atomic mass is 79.9. The molecule has 1 heterocycles. The number of halogens is 2. The number of fused-ring (bicyclic) bond motifs is 1. The van der Waals surface area contributed by atoms with Crippen molar-refractivity contribution in [2.45, 2.75) is 6.92 Å². The van der Waals surface area contributed by atoms with Gasteiger partial charge in [-0.05, 0) is 24.6 Å². The van der Waals surface area contributed by atoms with Crippen LogP contribution < -0.4 is 5.32 Å². The molecule has 0 radical (unpaired) electrons. The van der Waals surface area contributed by atoms with Gasteiger partial charge in [0.1, 0.15) is 0 Å². The predicted molar refractivity (Wildman–Crippen MR) is 94.2 cm³/mol. The van der Waals surface area contributed by atoms with Crippen molar-refractivity contribution in [3.8, 4) is 11.3 Å². The monoisotopic (exact) mass is 360 g/mol. The fraction of sp³-hybridized carbons (Fsp3) is 0.118. The molecule has 0 bridgehead atoms. The van der Waals surface area contributed by atoms with Gasteiger partial charge in [0, 0.05) is 28.2 Å². The van der Waals surface area contributed by atoms with E-state index < -0.39 is 0 Å². The Bertz CT molecular complexity index is 816. The molecule has 0 atom stereocenters. The molecule has 0 amide bonds. The lowest BCUT2D eigenvalue weighted by atomic mass is 10.0. The van der Waals surface area contributed by atoms with E-state index in [1.54, 1.807) is 0 Å². The number of hydrogen-bond donors (Lipinski definition) is 1. The highest BCUT2D eigenvalue weighted by Gasteiger charge is 2.16. The van der Waals surface area contributed by atoms with Gasteiger partial charge in [-0.3, -0.25) is 0 Å². The van der Waals surface area contributed by atoms with E-state index in [0.29, 0.717) is 5.02 Å². The van der Waals surface area contributed by atoms with Crippen molar-refractivity contribution >= 4 is 44.1 Å². The van der Waals surface area contributed by atoms with Crippen LogP contribution in [0.2, 0.25) is 5.02 Å². The third kappa shape index (κ3) is 2.41. The molecule has 106 valence electrons. The van der Waals surface area contributed by atoms with Crippen LogP contribution in [0.4, 0.5) is 5.69 Å². The fourth-order valence-electron chi connectivity index (χ4n) is 2.58. The molecule has 3 rings (SSSR count). The van der Waals surface area contributed by atoms with Crippen molar-refractivity contribution in [3.63, 3.8) is 0 Å². The van der Waals surface area contributed by atoms with E-state index in [1.165, 1.54) is 0 Å². The molecule has 0 unspecified atom stereocenters. The summed E-state index contributed by atoms with van der Waals surface area (Å²) in [4.78, 5) is 4.81. The summed E-state index contributed by atoms with van der Waals surface area (Å²) in [6, 6.07) is 14.0. The Kier molecular flexibility index (Phi) is 3.87. The lowest BCUT2D eigenvalue weighted by Gasteiger charge is -2.16. The molecule has 4 heteroatoms. The lowest BCUT2D eigenvalue weighted by Crippen LogP contribution is -2.00. The van der Waals surface area contributed by atoms with Crippen molar-refractivity contribution in [1.29, 1.82) is 0 Å². The third-order valence-electron chi connectivity index (χ3n) is 3.58. The number of rotatable bonds is 2. The Morgan fingerprint density at radius 3 is 2.48 bits per heavy atom. The third-order valence-corrected chi connectivity index (χ3v) is 4.54. The van der Waals surface area contributed by atoms with Gasteiger partial charge >= 0.3 is 0 Å². The topological polar surface area (TPSA) is 24.9 Å². The standard InChI is InChI=1S/C17H14BrClN2/c1-10-15(11-6-4-3-5-7-11)21-17-13(19)9-8-12(18)14(17)16(10)20-2/h3-9H,1-2H3,(H,20,21). The highest BCUT2D eigenvalue weighted by molar-refractivity contribution is 9.10. The lowest BCUT2D eigenvalue weighted by molar-refractivity contribution is 1.31. The Balaban J connectivity index is 2.44. The maximum Gasteiger partial charge on any atom is 0.0928 e. The van der Waals surface area contributed by atoms with E-state index in [9.17, 15) is 0 Å². The van der Waals surface area contributed by atoms with Gasteiger partial charge in [-0.2, -0.15) is 0 Å². The summed E-state index contributed by atoms with van der Waals surface area (Å²) < 4.78 is 0.987. The van der Waals surface area contributed by atoms with Crippen molar-refractivity contribution < 1.29 is 0 Å². The largest absolute Gasteiger partial charge is 0.387 e. The zero-order valence-electron chi connectivity index (χ0n) is 11.7. The Labute approximate surface area is 137 Å². The first-order chi connectivity index (χ1) is 10.1. The first-order valence-corrected chi connectivity index (χ1v) is 7.82. The van der Waals surface area contributed by atoms with Crippen LogP contribution in [-0.4, -0.2) is 12.0 Å². The number of benzene rings is 2. The minimum Gasteiger partial charge on any atom is -0.387 e. The molecule has 2 aromatic carbocycles. The summed E-state index contributed by atoms with van der Waals surface area (Å²) in [7, 11) is 1.92. The fourth-order valence-corrected chi connectivity index (χ4v) is 3.30. The second kappa shape index (κ2) is 5.66. The summed E-state index contributed by atoms with van der Waals surface area (Å²) in [6.45, 7) is 2.08. The zero-order valence-corrected chi connectivity index (χ0v) is 14.1. The summed E-state index contributed by atoms with van der Waals surface area (Å²) in [5, 5.41) is 4.96. The quantitative estimate of drug-likeness (QED) is 0.636. The second-order valence-electron chi connectivity index (χ2n) is 4.83. The summed E-state index contributed by atoms with van der Waals surface area (Å²) in [5.41, 5.74) is 5.00. The highest BCUT2D eigenvalue weighted by Crippen LogP contribution is 2.39. The Morgan fingerprint density at radius 1 is 1.10 bits per heavy atom. The van der Waals surface area contributed by atoms with E-state index in [0.717, 1.165) is 37.9 Å². The molecule has 0 fully saturated rings. The second-order valence-corrected chi connectivity index (χ2v) is 6.09. The van der Waals surface area contributed by atoms with Crippen LogP contribution in [0.1, 0.15) is 5.56 Å². The molecule has 0 spiro atoms. The molecule has 0 aliphatic heterocycles. The van der Waals surface area contributed by atoms with Gasteiger partial charge in [0.05, 0.1) is 16.2 Å². The molecule has 3 aromatic rings. The maximum atomic E-state index is 6.36. The molecule has 1 N–H and O–H groups in total. The van der Waals surface area contributed by atoms with Gasteiger partial charge in [-0.15, -0.1) is 0 Å². The number of hydrogen-bond acceptors (Lipinski definition) is 2. The molecule has 0 saturated heterocycles. The first-order valence-electron chi connectivity index (χ1n) is 6.65. The average molecular weight is 362 g/mol. The molecular formula is C17H14BrClN2. The van der Waals surface area contributed by atoms with Gasteiger partial charge in [-0.1, -0.05) is 57.9 Å². The van der Waals surface area contributed by atoms with Crippen molar-refractivity contribution in [2.24, 2.45) is 0 Å². The van der Waals surface area contributed by atoms with E-state index >= 15 is 0 Å². The maximum absolute atomic E-state index is 6.36. The van der Waals surface area contributed by atoms with Crippen LogP contribution in [0.5, 0.6) is 0 Å². The molecule has 0 aliphatic carbocycles. The van der Waals surface area contributed by atoms with E-state index in [1.807, 2.05) is 37.4 Å². The smallest absolute Gasteiger partial charge is 0.0928 e. The van der Waals surface area contributed by atoms with Crippen LogP contribution in [0, 0.1) is 6.92 Å². The van der Waals surface area contributed by atoms with E-state index in [-0.39, 0.29) is 0 Å². The van der Waals surface area contributed by atoms with Gasteiger partial charge in [0.15, 0.2) is 0 Å². The van der Waals surface area contributed by atoms with E-state index in [4.69, 9.17) is 16.6 Å². The minimum absolute atomic E-state index is 0.655. The van der Waals surface area contributed by atoms with Crippen LogP contribution in [0.15, 0.2) is 46.9 Å². The normalized spacial score (nSPS) is 10.9. The molecule has 1 aromatic heterocycles. The first kappa shape index (κ1) is 14.4. The number of nitrogens with one attached hydrogen (secondary N) is 1. The van der Waals surface area contributed by atoms with Gasteiger partial charge in [0.2, 0.25) is 0 Å². The van der Waals surface area contributed by atoms with Crippen LogP contribution in [0.3, 0.4) is 0 Å².